The quantitative estimate of drug-likeness (QED) is 0.607. The van der Waals surface area contributed by atoms with Gasteiger partial charge in [0.1, 0.15) is 0 Å². The molecule has 1 heterocycles. The maximum Gasteiger partial charge on any atom is 0.0717 e. The van der Waals surface area contributed by atoms with E-state index in [1.54, 1.807) is 6.20 Å². The fourth-order valence-corrected chi connectivity index (χ4v) is 2.53. The van der Waals surface area contributed by atoms with Crippen molar-refractivity contribution in [2.45, 2.75) is 0 Å². The van der Waals surface area contributed by atoms with Gasteiger partial charge in [-0.25, -0.2) is 0 Å². The summed E-state index contributed by atoms with van der Waals surface area (Å²) in [5, 5.41) is 1.00. The van der Waals surface area contributed by atoms with Crippen molar-refractivity contribution in [2.75, 3.05) is 0 Å². The monoisotopic (exact) mass is 298 g/mol. The molecule has 0 atom stereocenters. The van der Waals surface area contributed by atoms with Gasteiger partial charge in [0.2, 0.25) is 0 Å². The molecule has 0 aliphatic rings. The van der Waals surface area contributed by atoms with Crippen molar-refractivity contribution in [1.29, 1.82) is 0 Å². The lowest BCUT2D eigenvalue weighted by molar-refractivity contribution is 1.33. The highest BCUT2D eigenvalue weighted by Gasteiger charge is 2.13. The van der Waals surface area contributed by atoms with Gasteiger partial charge in [0.15, 0.2) is 0 Å². The molecule has 0 amide bonds. The van der Waals surface area contributed by atoms with Crippen LogP contribution in [0.5, 0.6) is 0 Å². The zero-order valence-corrected chi connectivity index (χ0v) is 12.0. The number of benzene rings is 2. The predicted octanol–water partition coefficient (Wildman–Crippen LogP) is 5.52. The Morgan fingerprint density at radius 3 is 2.30 bits per heavy atom. The summed E-state index contributed by atoms with van der Waals surface area (Å²) in [6.07, 6.45) is 1.73. The molecule has 0 saturated heterocycles. The number of nitrogens with zero attached hydrogens (tertiary/aromatic N) is 1. The first kappa shape index (κ1) is 13.2. The van der Waals surface area contributed by atoms with Crippen LogP contribution < -0.4 is 0 Å². The van der Waals surface area contributed by atoms with E-state index < -0.39 is 0 Å². The van der Waals surface area contributed by atoms with Gasteiger partial charge < -0.3 is 0 Å². The summed E-state index contributed by atoms with van der Waals surface area (Å²) < 4.78 is 0. The van der Waals surface area contributed by atoms with Crippen LogP contribution in [0.3, 0.4) is 0 Å². The van der Waals surface area contributed by atoms with Gasteiger partial charge in [0.05, 0.1) is 15.7 Å². The van der Waals surface area contributed by atoms with E-state index in [0.717, 1.165) is 22.4 Å². The van der Waals surface area contributed by atoms with E-state index in [1.165, 1.54) is 0 Å². The summed E-state index contributed by atoms with van der Waals surface area (Å²) in [5.41, 5.74) is 3.37. The SMILES string of the molecule is Clc1c(-c2ccccc2)[c]cc(-c2ccccn2)c1Cl. The smallest absolute Gasteiger partial charge is 0.0717 e. The van der Waals surface area contributed by atoms with Crippen LogP contribution in [0.1, 0.15) is 0 Å². The maximum atomic E-state index is 6.39. The van der Waals surface area contributed by atoms with Crippen LogP contribution in [0.15, 0.2) is 60.8 Å². The molecule has 1 radical (unpaired) electrons. The van der Waals surface area contributed by atoms with E-state index in [0.29, 0.717) is 10.0 Å². The van der Waals surface area contributed by atoms with Crippen molar-refractivity contribution < 1.29 is 0 Å². The van der Waals surface area contributed by atoms with Crippen LogP contribution in [0.25, 0.3) is 22.4 Å². The van der Waals surface area contributed by atoms with Gasteiger partial charge in [-0.05, 0) is 29.8 Å². The molecule has 3 heteroatoms. The zero-order chi connectivity index (χ0) is 13.9. The van der Waals surface area contributed by atoms with Crippen LogP contribution in [-0.2, 0) is 0 Å². The van der Waals surface area contributed by atoms with E-state index in [-0.39, 0.29) is 0 Å². The molecule has 1 aromatic heterocycles. The molecule has 3 rings (SSSR count). The van der Waals surface area contributed by atoms with E-state index >= 15 is 0 Å². The number of rotatable bonds is 2. The topological polar surface area (TPSA) is 12.9 Å². The molecule has 20 heavy (non-hydrogen) atoms. The van der Waals surface area contributed by atoms with Crippen LogP contribution in [0, 0.1) is 6.07 Å². The molecule has 0 N–H and O–H groups in total. The zero-order valence-electron chi connectivity index (χ0n) is 10.5. The molecule has 1 nitrogen and oxygen atoms in total. The third kappa shape index (κ3) is 2.43. The highest BCUT2D eigenvalue weighted by molar-refractivity contribution is 6.45. The van der Waals surface area contributed by atoms with Gasteiger partial charge in [-0.3, -0.25) is 4.98 Å². The largest absolute Gasteiger partial charge is 0.256 e. The van der Waals surface area contributed by atoms with Crippen LogP contribution in [0.4, 0.5) is 0 Å². The Morgan fingerprint density at radius 2 is 1.60 bits per heavy atom. The first-order chi connectivity index (χ1) is 9.77. The second-order valence-electron chi connectivity index (χ2n) is 4.29. The molecule has 2 aromatic carbocycles. The van der Waals surface area contributed by atoms with Crippen molar-refractivity contribution >= 4 is 23.2 Å². The second-order valence-corrected chi connectivity index (χ2v) is 5.04. The van der Waals surface area contributed by atoms with Crippen molar-refractivity contribution in [1.82, 2.24) is 4.98 Å². The van der Waals surface area contributed by atoms with Gasteiger partial charge in [-0.2, -0.15) is 0 Å². The summed E-state index contributed by atoms with van der Waals surface area (Å²) in [5.74, 6) is 0. The molecule has 0 aliphatic heterocycles. The summed E-state index contributed by atoms with van der Waals surface area (Å²) in [6, 6.07) is 20.5. The Bertz CT molecular complexity index is 660. The first-order valence-corrected chi connectivity index (χ1v) is 6.89. The average molecular weight is 299 g/mol. The van der Waals surface area contributed by atoms with E-state index in [2.05, 4.69) is 11.1 Å². The number of pyridine rings is 1. The molecule has 0 spiro atoms. The standard InChI is InChI=1S/C17H10Cl2N/c18-16-13(12-6-2-1-3-7-12)9-10-14(17(16)19)15-8-4-5-11-20-15/h1-8,10-11H. The van der Waals surface area contributed by atoms with Crippen molar-refractivity contribution in [3.8, 4) is 22.4 Å². The highest BCUT2D eigenvalue weighted by atomic mass is 35.5. The molecule has 0 aliphatic carbocycles. The van der Waals surface area contributed by atoms with E-state index in [9.17, 15) is 0 Å². The lowest BCUT2D eigenvalue weighted by Gasteiger charge is -2.10. The summed E-state index contributed by atoms with van der Waals surface area (Å²) >= 11 is 12.8. The van der Waals surface area contributed by atoms with Crippen LogP contribution in [-0.4, -0.2) is 4.98 Å². The number of hydrogen-bond acceptors (Lipinski definition) is 1. The fraction of sp³-hybridized carbons (Fsp3) is 0. The third-order valence-corrected chi connectivity index (χ3v) is 3.88. The molecule has 0 saturated carbocycles. The Kier molecular flexibility index (Phi) is 3.72. The van der Waals surface area contributed by atoms with Crippen LogP contribution >= 0.6 is 23.2 Å². The van der Waals surface area contributed by atoms with Gasteiger partial charge in [0, 0.05) is 17.3 Å². The van der Waals surface area contributed by atoms with Gasteiger partial charge in [0.25, 0.3) is 0 Å². The Morgan fingerprint density at radius 1 is 0.850 bits per heavy atom. The Labute approximate surface area is 127 Å². The first-order valence-electron chi connectivity index (χ1n) is 6.14. The molecule has 0 fully saturated rings. The maximum absolute atomic E-state index is 6.39. The Balaban J connectivity index is 2.13. The predicted molar refractivity (Wildman–Crippen MR) is 84.0 cm³/mol. The van der Waals surface area contributed by atoms with Gasteiger partial charge in [-0.1, -0.05) is 59.6 Å². The lowest BCUT2D eigenvalue weighted by Crippen LogP contribution is -1.87. The summed E-state index contributed by atoms with van der Waals surface area (Å²) in [4.78, 5) is 4.29. The van der Waals surface area contributed by atoms with Gasteiger partial charge in [-0.15, -0.1) is 0 Å². The summed E-state index contributed by atoms with van der Waals surface area (Å²) in [6.45, 7) is 0. The lowest BCUT2D eigenvalue weighted by atomic mass is 10.0. The minimum absolute atomic E-state index is 0.501. The molecule has 0 unspecified atom stereocenters. The molecule has 0 bridgehead atoms. The number of halogens is 2. The van der Waals surface area contributed by atoms with Gasteiger partial charge >= 0.3 is 0 Å². The molecular formula is C17H10Cl2N. The van der Waals surface area contributed by atoms with Crippen LogP contribution in [0.2, 0.25) is 10.0 Å². The normalized spacial score (nSPS) is 10.5. The van der Waals surface area contributed by atoms with E-state index in [4.69, 9.17) is 23.2 Å². The Hall–Kier alpha value is -1.83. The van der Waals surface area contributed by atoms with Crippen molar-refractivity contribution in [2.24, 2.45) is 0 Å². The molecule has 3 aromatic rings. The second kappa shape index (κ2) is 5.66. The molecular weight excluding hydrogens is 289 g/mol. The molecule has 97 valence electrons. The number of hydrogen-bond donors (Lipinski definition) is 0. The minimum atomic E-state index is 0.501. The highest BCUT2D eigenvalue weighted by Crippen LogP contribution is 2.39. The van der Waals surface area contributed by atoms with Crippen molar-refractivity contribution in [3.05, 3.63) is 76.9 Å². The number of aromatic nitrogens is 1. The summed E-state index contributed by atoms with van der Waals surface area (Å²) in [7, 11) is 0. The average Bonchev–Trinajstić information content (AvgIpc) is 2.52. The third-order valence-electron chi connectivity index (χ3n) is 3.01. The van der Waals surface area contributed by atoms with E-state index in [1.807, 2.05) is 54.6 Å². The fourth-order valence-electron chi connectivity index (χ4n) is 2.02. The minimum Gasteiger partial charge on any atom is -0.256 e. The van der Waals surface area contributed by atoms with Crippen molar-refractivity contribution in [3.63, 3.8) is 0 Å².